The van der Waals surface area contributed by atoms with Crippen LogP contribution in [0.3, 0.4) is 0 Å². The fourth-order valence-electron chi connectivity index (χ4n) is 1.94. The molecule has 0 aliphatic rings. The van der Waals surface area contributed by atoms with Crippen molar-refractivity contribution < 1.29 is 0 Å². The van der Waals surface area contributed by atoms with Gasteiger partial charge in [-0.25, -0.2) is 9.97 Å². The van der Waals surface area contributed by atoms with E-state index in [1.165, 1.54) is 4.88 Å². The minimum absolute atomic E-state index is 0.814. The smallest absolute Gasteiger partial charge is 0.163 e. The Morgan fingerprint density at radius 3 is 2.95 bits per heavy atom. The largest absolute Gasteiger partial charge is 0.369 e. The van der Waals surface area contributed by atoms with Gasteiger partial charge in [0.25, 0.3) is 0 Å². The normalized spacial score (nSPS) is 11.1. The molecule has 19 heavy (non-hydrogen) atoms. The zero-order valence-electron chi connectivity index (χ0n) is 10.9. The summed E-state index contributed by atoms with van der Waals surface area (Å²) in [4.78, 5) is 11.7. The van der Waals surface area contributed by atoms with Crippen molar-refractivity contribution in [3.05, 3.63) is 27.8 Å². The average Bonchev–Trinajstić information content (AvgIpc) is 3.03. The molecule has 3 heterocycles. The molecule has 3 aromatic heterocycles. The molecule has 0 saturated heterocycles. The van der Waals surface area contributed by atoms with Gasteiger partial charge in [0.1, 0.15) is 10.6 Å². The maximum atomic E-state index is 4.69. The lowest BCUT2D eigenvalue weighted by molar-refractivity contribution is 0.971. The third-order valence-electron chi connectivity index (χ3n) is 2.84. The molecule has 98 valence electrons. The van der Waals surface area contributed by atoms with Crippen LogP contribution < -0.4 is 5.32 Å². The summed E-state index contributed by atoms with van der Waals surface area (Å²) in [5.74, 6) is 1.77. The minimum Gasteiger partial charge on any atom is -0.369 e. The molecule has 0 spiro atoms. The highest BCUT2D eigenvalue weighted by Gasteiger charge is 2.11. The Balaban J connectivity index is 2.14. The van der Waals surface area contributed by atoms with Gasteiger partial charge in [0.05, 0.1) is 5.39 Å². The summed E-state index contributed by atoms with van der Waals surface area (Å²) in [6.07, 6.45) is 1.09. The van der Waals surface area contributed by atoms with E-state index >= 15 is 0 Å². The van der Waals surface area contributed by atoms with E-state index in [9.17, 15) is 0 Å². The van der Waals surface area contributed by atoms with Crippen molar-refractivity contribution in [2.24, 2.45) is 0 Å². The molecular weight excluding hydrogens is 274 g/mol. The number of hydrogen-bond acceptors (Lipinski definition) is 5. The second-order valence-electron chi connectivity index (χ2n) is 4.41. The van der Waals surface area contributed by atoms with Crippen molar-refractivity contribution in [1.82, 2.24) is 9.97 Å². The fraction of sp³-hybridized carbons (Fsp3) is 0.286. The maximum Gasteiger partial charge on any atom is 0.163 e. The van der Waals surface area contributed by atoms with Gasteiger partial charge < -0.3 is 5.32 Å². The lowest BCUT2D eigenvalue weighted by Gasteiger charge is -2.07. The molecule has 1 N–H and O–H groups in total. The van der Waals surface area contributed by atoms with Crippen molar-refractivity contribution in [3.63, 3.8) is 0 Å². The number of aryl methyl sites for hydroxylation is 1. The molecule has 0 unspecified atom stereocenters. The van der Waals surface area contributed by atoms with Gasteiger partial charge in [0.2, 0.25) is 0 Å². The number of nitrogens with zero attached hydrogens (tertiary/aromatic N) is 2. The van der Waals surface area contributed by atoms with E-state index in [-0.39, 0.29) is 0 Å². The summed E-state index contributed by atoms with van der Waals surface area (Å²) in [7, 11) is 0. The maximum absolute atomic E-state index is 4.69. The molecule has 0 amide bonds. The molecular formula is C14H15N3S2. The Morgan fingerprint density at radius 1 is 1.32 bits per heavy atom. The van der Waals surface area contributed by atoms with Crippen LogP contribution in [0.4, 0.5) is 5.82 Å². The first-order chi connectivity index (χ1) is 9.28. The van der Waals surface area contributed by atoms with Gasteiger partial charge in [0.15, 0.2) is 5.82 Å². The standard InChI is InChI=1S/C14H15N3S2/c1-3-5-15-13-11-7-9(2)19-14(11)17-12(16-13)10-4-6-18-8-10/h4,6-8H,3,5H2,1-2H3,(H,15,16,17). The van der Waals surface area contributed by atoms with Crippen LogP contribution in [0, 0.1) is 6.92 Å². The van der Waals surface area contributed by atoms with Crippen LogP contribution in [-0.4, -0.2) is 16.5 Å². The molecule has 5 heteroatoms. The van der Waals surface area contributed by atoms with Crippen molar-refractivity contribution in [1.29, 1.82) is 0 Å². The Bertz CT molecular complexity index is 686. The van der Waals surface area contributed by atoms with Gasteiger partial charge in [-0.2, -0.15) is 11.3 Å². The van der Waals surface area contributed by atoms with Gasteiger partial charge in [-0.05, 0) is 30.9 Å². The summed E-state index contributed by atoms with van der Waals surface area (Å²) in [5, 5.41) is 8.69. The third-order valence-corrected chi connectivity index (χ3v) is 4.47. The van der Waals surface area contributed by atoms with E-state index in [1.807, 2.05) is 0 Å². The molecule has 0 aliphatic carbocycles. The molecule has 0 radical (unpaired) electrons. The summed E-state index contributed by atoms with van der Waals surface area (Å²) >= 11 is 3.40. The number of rotatable bonds is 4. The number of aromatic nitrogens is 2. The molecule has 0 saturated carbocycles. The Kier molecular flexibility index (Phi) is 3.48. The number of anilines is 1. The van der Waals surface area contributed by atoms with Crippen LogP contribution in [-0.2, 0) is 0 Å². The average molecular weight is 289 g/mol. The van der Waals surface area contributed by atoms with Gasteiger partial charge in [-0.3, -0.25) is 0 Å². The first-order valence-electron chi connectivity index (χ1n) is 6.32. The molecule has 3 aromatic rings. The first-order valence-corrected chi connectivity index (χ1v) is 8.08. The summed E-state index contributed by atoms with van der Waals surface area (Å²) in [5.41, 5.74) is 1.09. The highest BCUT2D eigenvalue weighted by molar-refractivity contribution is 7.18. The van der Waals surface area contributed by atoms with Crippen LogP contribution in [0.2, 0.25) is 0 Å². The van der Waals surface area contributed by atoms with Gasteiger partial charge in [0, 0.05) is 22.4 Å². The van der Waals surface area contributed by atoms with Crippen LogP contribution in [0.5, 0.6) is 0 Å². The van der Waals surface area contributed by atoms with Crippen LogP contribution in [0.15, 0.2) is 22.9 Å². The number of nitrogens with one attached hydrogen (secondary N) is 1. The van der Waals surface area contributed by atoms with E-state index in [2.05, 4.69) is 52.0 Å². The number of hydrogen-bond donors (Lipinski definition) is 1. The summed E-state index contributed by atoms with van der Waals surface area (Å²) in [6, 6.07) is 4.23. The van der Waals surface area contributed by atoms with E-state index in [1.54, 1.807) is 22.7 Å². The summed E-state index contributed by atoms with van der Waals surface area (Å²) < 4.78 is 0. The Morgan fingerprint density at radius 2 is 2.21 bits per heavy atom. The quantitative estimate of drug-likeness (QED) is 0.765. The molecule has 0 aromatic carbocycles. The van der Waals surface area contributed by atoms with Crippen molar-refractivity contribution in [3.8, 4) is 11.4 Å². The van der Waals surface area contributed by atoms with Gasteiger partial charge in [-0.15, -0.1) is 11.3 Å². The van der Waals surface area contributed by atoms with Gasteiger partial charge >= 0.3 is 0 Å². The molecule has 3 rings (SSSR count). The molecule has 3 nitrogen and oxygen atoms in total. The highest BCUT2D eigenvalue weighted by Crippen LogP contribution is 2.31. The second kappa shape index (κ2) is 5.27. The molecule has 0 atom stereocenters. The molecule has 0 fully saturated rings. The van der Waals surface area contributed by atoms with Crippen LogP contribution >= 0.6 is 22.7 Å². The van der Waals surface area contributed by atoms with E-state index in [4.69, 9.17) is 0 Å². The zero-order chi connectivity index (χ0) is 13.2. The van der Waals surface area contributed by atoms with Crippen molar-refractivity contribution in [2.75, 3.05) is 11.9 Å². The zero-order valence-corrected chi connectivity index (χ0v) is 12.6. The second-order valence-corrected chi connectivity index (χ2v) is 6.43. The van der Waals surface area contributed by atoms with Crippen molar-refractivity contribution in [2.45, 2.75) is 20.3 Å². The van der Waals surface area contributed by atoms with Crippen LogP contribution in [0.1, 0.15) is 18.2 Å². The van der Waals surface area contributed by atoms with E-state index in [0.29, 0.717) is 0 Å². The lowest BCUT2D eigenvalue weighted by atomic mass is 10.3. The van der Waals surface area contributed by atoms with Crippen LogP contribution in [0.25, 0.3) is 21.6 Å². The minimum atomic E-state index is 0.814. The van der Waals surface area contributed by atoms with E-state index in [0.717, 1.165) is 40.4 Å². The third kappa shape index (κ3) is 2.48. The first kappa shape index (κ1) is 12.6. The van der Waals surface area contributed by atoms with E-state index < -0.39 is 0 Å². The topological polar surface area (TPSA) is 37.8 Å². The predicted octanol–water partition coefficient (Wildman–Crippen LogP) is 4.55. The van der Waals surface area contributed by atoms with Crippen molar-refractivity contribution >= 4 is 38.7 Å². The van der Waals surface area contributed by atoms with Gasteiger partial charge in [-0.1, -0.05) is 6.92 Å². The highest BCUT2D eigenvalue weighted by atomic mass is 32.1. The monoisotopic (exact) mass is 289 g/mol. The SMILES string of the molecule is CCCNc1nc(-c2ccsc2)nc2sc(C)cc12. The Labute approximate surface area is 120 Å². The number of thiophene rings is 2. The molecule has 0 bridgehead atoms. The predicted molar refractivity (Wildman–Crippen MR) is 84.2 cm³/mol. The lowest BCUT2D eigenvalue weighted by Crippen LogP contribution is -2.03. The molecule has 0 aliphatic heterocycles. The number of fused-ring (bicyclic) bond motifs is 1. The Hall–Kier alpha value is -1.46. The summed E-state index contributed by atoms with van der Waals surface area (Å²) in [6.45, 7) is 5.20. The fourth-order valence-corrected chi connectivity index (χ4v) is 3.45.